The number of carboxylic acid groups (broad SMARTS) is 1. The van der Waals surface area contributed by atoms with E-state index >= 15 is 0 Å². The SMILES string of the molecule is O=C(O)O[C@H]1CC[C@H](c2ccc(-c3ccc(Nc4ccc(C(F)(F)F)nc4)cn3)cc2)CC1. The summed E-state index contributed by atoms with van der Waals surface area (Å²) in [6, 6.07) is 14.0. The Balaban J connectivity index is 1.36. The van der Waals surface area contributed by atoms with Gasteiger partial charge in [-0.1, -0.05) is 24.3 Å². The largest absolute Gasteiger partial charge is 0.506 e. The number of anilines is 2. The molecule has 4 rings (SSSR count). The van der Waals surface area contributed by atoms with E-state index in [0.29, 0.717) is 17.3 Å². The van der Waals surface area contributed by atoms with Crippen molar-refractivity contribution in [2.45, 2.75) is 43.9 Å². The van der Waals surface area contributed by atoms with Gasteiger partial charge in [-0.05, 0) is 61.4 Å². The number of pyridine rings is 2. The van der Waals surface area contributed by atoms with Crippen LogP contribution in [0.5, 0.6) is 0 Å². The molecule has 9 heteroatoms. The molecule has 2 aromatic heterocycles. The van der Waals surface area contributed by atoms with Gasteiger partial charge < -0.3 is 15.2 Å². The van der Waals surface area contributed by atoms with Crippen LogP contribution in [-0.4, -0.2) is 27.3 Å². The van der Waals surface area contributed by atoms with Gasteiger partial charge in [-0.2, -0.15) is 13.2 Å². The molecule has 0 bridgehead atoms. The fourth-order valence-corrected chi connectivity index (χ4v) is 4.02. The van der Waals surface area contributed by atoms with Gasteiger partial charge in [0.15, 0.2) is 0 Å². The number of nitrogens with zero attached hydrogens (tertiary/aromatic N) is 2. The molecule has 0 saturated heterocycles. The third-order valence-electron chi connectivity index (χ3n) is 5.73. The van der Waals surface area contributed by atoms with Crippen LogP contribution in [0.3, 0.4) is 0 Å². The predicted octanol–water partition coefficient (Wildman–Crippen LogP) is 6.63. The van der Waals surface area contributed by atoms with Gasteiger partial charge in [-0.25, -0.2) is 9.78 Å². The Bertz CT molecular complexity index is 1080. The van der Waals surface area contributed by atoms with Crippen molar-refractivity contribution in [3.8, 4) is 11.3 Å². The second-order valence-electron chi connectivity index (χ2n) is 7.97. The summed E-state index contributed by atoms with van der Waals surface area (Å²) in [5, 5.41) is 11.7. The van der Waals surface area contributed by atoms with Crippen LogP contribution in [0.15, 0.2) is 60.9 Å². The first-order valence-corrected chi connectivity index (χ1v) is 10.5. The van der Waals surface area contributed by atoms with Crippen molar-refractivity contribution in [3.05, 3.63) is 72.2 Å². The van der Waals surface area contributed by atoms with Crippen LogP contribution in [0, 0.1) is 0 Å². The van der Waals surface area contributed by atoms with Gasteiger partial charge in [-0.15, -0.1) is 0 Å². The van der Waals surface area contributed by atoms with Crippen molar-refractivity contribution in [2.24, 2.45) is 0 Å². The first-order chi connectivity index (χ1) is 15.8. The normalized spacial score (nSPS) is 18.5. The lowest BCUT2D eigenvalue weighted by Gasteiger charge is -2.27. The molecule has 1 aromatic carbocycles. The Morgan fingerprint density at radius 3 is 2.06 bits per heavy atom. The zero-order valence-electron chi connectivity index (χ0n) is 17.5. The highest BCUT2D eigenvalue weighted by molar-refractivity contribution is 5.64. The monoisotopic (exact) mass is 457 g/mol. The van der Waals surface area contributed by atoms with Crippen LogP contribution in [-0.2, 0) is 10.9 Å². The standard InChI is InChI=1S/C24H22F3N3O3/c25-24(26,27)22-12-8-19(14-29-22)30-18-7-11-21(28-13-18)17-3-1-15(2-4-17)16-5-9-20(10-6-16)33-23(31)32/h1-4,7-8,11-14,16,20,30H,5-6,9-10H2,(H,31,32)/t16-,20-. The Hall–Kier alpha value is -3.62. The Morgan fingerprint density at radius 2 is 1.55 bits per heavy atom. The topological polar surface area (TPSA) is 84.3 Å². The Kier molecular flexibility index (Phi) is 6.48. The molecule has 1 saturated carbocycles. The number of rotatable bonds is 5. The third-order valence-corrected chi connectivity index (χ3v) is 5.73. The van der Waals surface area contributed by atoms with E-state index in [-0.39, 0.29) is 6.10 Å². The lowest BCUT2D eigenvalue weighted by Crippen LogP contribution is -2.23. The number of nitrogens with one attached hydrogen (secondary N) is 1. The summed E-state index contributed by atoms with van der Waals surface area (Å²) in [7, 11) is 0. The van der Waals surface area contributed by atoms with Gasteiger partial charge in [-0.3, -0.25) is 4.98 Å². The molecule has 1 aliphatic rings. The van der Waals surface area contributed by atoms with E-state index < -0.39 is 18.0 Å². The van der Waals surface area contributed by atoms with Crippen LogP contribution in [0.1, 0.15) is 42.9 Å². The maximum Gasteiger partial charge on any atom is 0.506 e. The molecule has 0 atom stereocenters. The van der Waals surface area contributed by atoms with Gasteiger partial charge in [0.2, 0.25) is 0 Å². The number of hydrogen-bond donors (Lipinski definition) is 2. The number of ether oxygens (including phenoxy) is 1. The van der Waals surface area contributed by atoms with Crippen molar-refractivity contribution in [1.29, 1.82) is 0 Å². The number of alkyl halides is 3. The first-order valence-electron chi connectivity index (χ1n) is 10.5. The third kappa shape index (κ3) is 5.79. The van der Waals surface area contributed by atoms with Crippen LogP contribution in [0.25, 0.3) is 11.3 Å². The summed E-state index contributed by atoms with van der Waals surface area (Å²) in [5.74, 6) is 0.379. The molecule has 1 fully saturated rings. The molecule has 0 unspecified atom stereocenters. The Labute approximate surface area is 188 Å². The molecule has 2 heterocycles. The Morgan fingerprint density at radius 1 is 0.909 bits per heavy atom. The quantitative estimate of drug-likeness (QED) is 0.419. The van der Waals surface area contributed by atoms with E-state index in [0.717, 1.165) is 49.2 Å². The second kappa shape index (κ2) is 9.48. The van der Waals surface area contributed by atoms with Crippen molar-refractivity contribution >= 4 is 17.5 Å². The summed E-state index contributed by atoms with van der Waals surface area (Å²) in [6.07, 6.45) is 0.0723. The van der Waals surface area contributed by atoms with Gasteiger partial charge in [0.25, 0.3) is 0 Å². The van der Waals surface area contributed by atoms with Crippen LogP contribution < -0.4 is 5.32 Å². The highest BCUT2D eigenvalue weighted by atomic mass is 19.4. The van der Waals surface area contributed by atoms with E-state index in [9.17, 15) is 18.0 Å². The second-order valence-corrected chi connectivity index (χ2v) is 7.97. The van der Waals surface area contributed by atoms with Crippen molar-refractivity contribution < 1.29 is 27.8 Å². The molecule has 2 N–H and O–H groups in total. The van der Waals surface area contributed by atoms with Gasteiger partial charge in [0.05, 0.1) is 29.5 Å². The van der Waals surface area contributed by atoms with Crippen molar-refractivity contribution in [3.63, 3.8) is 0 Å². The summed E-state index contributed by atoms with van der Waals surface area (Å²) in [5.41, 5.74) is 3.07. The molecular weight excluding hydrogens is 435 g/mol. The number of hydrogen-bond acceptors (Lipinski definition) is 5. The summed E-state index contributed by atoms with van der Waals surface area (Å²) < 4.78 is 42.7. The number of carbonyl (C=O) groups is 1. The van der Waals surface area contributed by atoms with Crippen molar-refractivity contribution in [2.75, 3.05) is 5.32 Å². The molecule has 0 amide bonds. The zero-order chi connectivity index (χ0) is 23.4. The molecule has 6 nitrogen and oxygen atoms in total. The fourth-order valence-electron chi connectivity index (χ4n) is 4.02. The smallest absolute Gasteiger partial charge is 0.450 e. The average molecular weight is 457 g/mol. The van der Waals surface area contributed by atoms with E-state index in [1.807, 2.05) is 18.2 Å². The molecule has 172 valence electrons. The highest BCUT2D eigenvalue weighted by Gasteiger charge is 2.32. The van der Waals surface area contributed by atoms with E-state index in [2.05, 4.69) is 27.4 Å². The highest BCUT2D eigenvalue weighted by Crippen LogP contribution is 2.35. The summed E-state index contributed by atoms with van der Waals surface area (Å²) >= 11 is 0. The molecule has 0 radical (unpaired) electrons. The lowest BCUT2D eigenvalue weighted by atomic mass is 9.82. The fraction of sp³-hybridized carbons (Fsp3) is 0.292. The van der Waals surface area contributed by atoms with E-state index in [1.54, 1.807) is 12.3 Å². The minimum atomic E-state index is -4.47. The molecule has 1 aliphatic carbocycles. The number of benzene rings is 1. The first kappa shape index (κ1) is 22.6. The van der Waals surface area contributed by atoms with E-state index in [4.69, 9.17) is 9.84 Å². The van der Waals surface area contributed by atoms with Gasteiger partial charge >= 0.3 is 12.3 Å². The van der Waals surface area contributed by atoms with Gasteiger partial charge in [0.1, 0.15) is 11.8 Å². The van der Waals surface area contributed by atoms with Crippen molar-refractivity contribution in [1.82, 2.24) is 9.97 Å². The number of aromatic nitrogens is 2. The maximum atomic E-state index is 12.6. The number of halogens is 3. The van der Waals surface area contributed by atoms with Crippen LogP contribution >= 0.6 is 0 Å². The molecule has 0 aliphatic heterocycles. The van der Waals surface area contributed by atoms with E-state index in [1.165, 1.54) is 11.6 Å². The summed E-state index contributed by atoms with van der Waals surface area (Å²) in [4.78, 5) is 18.6. The minimum Gasteiger partial charge on any atom is -0.450 e. The van der Waals surface area contributed by atoms with Gasteiger partial charge in [0, 0.05) is 5.56 Å². The molecule has 33 heavy (non-hydrogen) atoms. The lowest BCUT2D eigenvalue weighted by molar-refractivity contribution is -0.141. The molecular formula is C24H22F3N3O3. The maximum absolute atomic E-state index is 12.6. The summed E-state index contributed by atoms with van der Waals surface area (Å²) in [6.45, 7) is 0. The zero-order valence-corrected chi connectivity index (χ0v) is 17.5. The van der Waals surface area contributed by atoms with Crippen LogP contribution in [0.4, 0.5) is 29.3 Å². The van der Waals surface area contributed by atoms with Crippen LogP contribution in [0.2, 0.25) is 0 Å². The average Bonchev–Trinajstić information content (AvgIpc) is 2.80. The predicted molar refractivity (Wildman–Crippen MR) is 116 cm³/mol. The minimum absolute atomic E-state index is 0.215. The molecule has 0 spiro atoms. The molecule has 3 aromatic rings.